The van der Waals surface area contributed by atoms with Crippen LogP contribution in [0, 0.1) is 0 Å². The highest BCUT2D eigenvalue weighted by Gasteiger charge is 2.19. The Bertz CT molecular complexity index is 561. The first kappa shape index (κ1) is 15.6. The van der Waals surface area contributed by atoms with Gasteiger partial charge in [-0.3, -0.25) is 4.79 Å². The molecule has 106 valence electrons. The molecule has 1 amide bonds. The second kappa shape index (κ2) is 6.67. The number of nitrogens with one attached hydrogen (secondary N) is 1. The Morgan fingerprint density at radius 2 is 2.05 bits per heavy atom. The summed E-state index contributed by atoms with van der Waals surface area (Å²) in [4.78, 5) is 22.5. The van der Waals surface area contributed by atoms with Crippen LogP contribution in [0.5, 0.6) is 0 Å². The Labute approximate surface area is 115 Å². The molecule has 1 rings (SSSR count). The summed E-state index contributed by atoms with van der Waals surface area (Å²) in [6.45, 7) is 2.31. The maximum Gasteiger partial charge on any atom is 0.345 e. The summed E-state index contributed by atoms with van der Waals surface area (Å²) in [7, 11) is -3.57. The Hall–Kier alpha value is -1.41. The van der Waals surface area contributed by atoms with Crippen LogP contribution in [0.3, 0.4) is 0 Å². The lowest BCUT2D eigenvalue weighted by Crippen LogP contribution is -2.31. The number of amides is 1. The van der Waals surface area contributed by atoms with Crippen LogP contribution in [-0.2, 0) is 20.4 Å². The summed E-state index contributed by atoms with van der Waals surface area (Å²) < 4.78 is 23.5. The lowest BCUT2D eigenvalue weighted by Gasteiger charge is -2.04. The van der Waals surface area contributed by atoms with Gasteiger partial charge in [-0.2, -0.15) is 0 Å². The summed E-state index contributed by atoms with van der Waals surface area (Å²) in [6, 6.07) is 2.81. The van der Waals surface area contributed by atoms with E-state index in [0.717, 1.165) is 17.8 Å². The molecule has 0 aliphatic rings. The Morgan fingerprint density at radius 3 is 2.58 bits per heavy atom. The van der Waals surface area contributed by atoms with Crippen molar-refractivity contribution in [3.05, 3.63) is 21.9 Å². The highest BCUT2D eigenvalue weighted by molar-refractivity contribution is 7.91. The van der Waals surface area contributed by atoms with E-state index in [4.69, 9.17) is 5.11 Å². The molecule has 0 aliphatic heterocycles. The number of carbonyl (C=O) groups excluding carboxylic acids is 1. The molecular weight excluding hydrogens is 290 g/mol. The van der Waals surface area contributed by atoms with Gasteiger partial charge in [0.1, 0.15) is 10.6 Å². The summed E-state index contributed by atoms with van der Waals surface area (Å²) in [5.41, 5.74) is 0. The Kier molecular flexibility index (Phi) is 5.49. The van der Waals surface area contributed by atoms with Crippen molar-refractivity contribution in [2.45, 2.75) is 19.1 Å². The van der Waals surface area contributed by atoms with Crippen LogP contribution in [0.15, 0.2) is 12.1 Å². The van der Waals surface area contributed by atoms with Crippen molar-refractivity contribution in [2.75, 3.05) is 12.3 Å². The summed E-state index contributed by atoms with van der Waals surface area (Å²) >= 11 is 0.902. The van der Waals surface area contributed by atoms with Gasteiger partial charge in [-0.1, -0.05) is 6.92 Å². The van der Waals surface area contributed by atoms with E-state index in [1.54, 1.807) is 0 Å². The average Bonchev–Trinajstić information content (AvgIpc) is 2.73. The second-order valence-electron chi connectivity index (χ2n) is 3.95. The molecule has 0 radical (unpaired) electrons. The standard InChI is InChI=1S/C11H15NO5S2/c1-2-5-12-10(13)7-19(16,17)6-8-3-4-9(18-8)11(14)15/h3-4H,2,5-7H2,1H3,(H,12,13)(H,14,15). The van der Waals surface area contributed by atoms with Crippen LogP contribution in [0.1, 0.15) is 27.9 Å². The number of carboxylic acid groups (broad SMARTS) is 1. The third kappa shape index (κ3) is 5.39. The number of aromatic carboxylic acids is 1. The largest absolute Gasteiger partial charge is 0.477 e. The third-order valence-corrected chi connectivity index (χ3v) is 4.87. The zero-order valence-electron chi connectivity index (χ0n) is 10.4. The lowest BCUT2D eigenvalue weighted by atomic mass is 10.4. The quantitative estimate of drug-likeness (QED) is 0.779. The molecule has 0 aliphatic carbocycles. The summed E-state index contributed by atoms with van der Waals surface area (Å²) in [5, 5.41) is 11.2. The fourth-order valence-corrected chi connectivity index (χ4v) is 3.90. The zero-order valence-corrected chi connectivity index (χ0v) is 12.0. The molecule has 6 nitrogen and oxygen atoms in total. The van der Waals surface area contributed by atoms with Crippen molar-refractivity contribution < 1.29 is 23.1 Å². The fourth-order valence-electron chi connectivity index (χ4n) is 1.35. The number of thiophene rings is 1. The van der Waals surface area contributed by atoms with E-state index in [2.05, 4.69) is 5.32 Å². The maximum atomic E-state index is 11.8. The van der Waals surface area contributed by atoms with Crippen LogP contribution in [0.4, 0.5) is 0 Å². The molecule has 0 fully saturated rings. The predicted molar refractivity (Wildman–Crippen MR) is 72.1 cm³/mol. The summed E-state index contributed by atoms with van der Waals surface area (Å²) in [5.74, 6) is -2.51. The molecular formula is C11H15NO5S2. The van der Waals surface area contributed by atoms with Crippen molar-refractivity contribution in [3.8, 4) is 0 Å². The monoisotopic (exact) mass is 305 g/mol. The van der Waals surface area contributed by atoms with Gasteiger partial charge >= 0.3 is 5.97 Å². The number of sulfone groups is 1. The van der Waals surface area contributed by atoms with Gasteiger partial charge in [0.15, 0.2) is 9.84 Å². The fraction of sp³-hybridized carbons (Fsp3) is 0.455. The first-order chi connectivity index (χ1) is 8.84. The Morgan fingerprint density at radius 1 is 1.37 bits per heavy atom. The van der Waals surface area contributed by atoms with Gasteiger partial charge in [0, 0.05) is 11.4 Å². The molecule has 0 saturated heterocycles. The number of carboxylic acids is 1. The summed E-state index contributed by atoms with van der Waals surface area (Å²) in [6.07, 6.45) is 0.735. The first-order valence-electron chi connectivity index (χ1n) is 5.63. The average molecular weight is 305 g/mol. The van der Waals surface area contributed by atoms with Crippen molar-refractivity contribution in [1.29, 1.82) is 0 Å². The minimum atomic E-state index is -3.57. The van der Waals surface area contributed by atoms with E-state index in [1.165, 1.54) is 12.1 Å². The molecule has 0 spiro atoms. The third-order valence-electron chi connectivity index (χ3n) is 2.16. The van der Waals surface area contributed by atoms with Crippen molar-refractivity contribution in [1.82, 2.24) is 5.32 Å². The predicted octanol–water partition coefficient (Wildman–Crippen LogP) is 0.887. The van der Waals surface area contributed by atoms with Gasteiger partial charge in [-0.05, 0) is 18.6 Å². The smallest absolute Gasteiger partial charge is 0.345 e. The normalized spacial score (nSPS) is 11.2. The van der Waals surface area contributed by atoms with Gasteiger partial charge < -0.3 is 10.4 Å². The van der Waals surface area contributed by atoms with E-state index < -0.39 is 27.5 Å². The number of carbonyl (C=O) groups is 2. The number of hydrogen-bond acceptors (Lipinski definition) is 5. The SMILES string of the molecule is CCCNC(=O)CS(=O)(=O)Cc1ccc(C(=O)O)s1. The first-order valence-corrected chi connectivity index (χ1v) is 8.27. The minimum Gasteiger partial charge on any atom is -0.477 e. The highest BCUT2D eigenvalue weighted by Crippen LogP contribution is 2.19. The molecule has 1 heterocycles. The van der Waals surface area contributed by atoms with Crippen molar-refractivity contribution >= 4 is 33.1 Å². The van der Waals surface area contributed by atoms with Gasteiger partial charge in [0.25, 0.3) is 0 Å². The molecule has 8 heteroatoms. The molecule has 0 aromatic carbocycles. The molecule has 0 unspecified atom stereocenters. The topological polar surface area (TPSA) is 101 Å². The zero-order chi connectivity index (χ0) is 14.5. The molecule has 0 atom stereocenters. The van der Waals surface area contributed by atoms with Crippen LogP contribution >= 0.6 is 11.3 Å². The van der Waals surface area contributed by atoms with Gasteiger partial charge in [0.2, 0.25) is 5.91 Å². The van der Waals surface area contributed by atoms with Gasteiger partial charge in [-0.15, -0.1) is 11.3 Å². The van der Waals surface area contributed by atoms with Crippen LogP contribution in [0.25, 0.3) is 0 Å². The van der Waals surface area contributed by atoms with E-state index in [9.17, 15) is 18.0 Å². The minimum absolute atomic E-state index is 0.0839. The van der Waals surface area contributed by atoms with Crippen LogP contribution in [0.2, 0.25) is 0 Å². The lowest BCUT2D eigenvalue weighted by molar-refractivity contribution is -0.118. The molecule has 1 aromatic heterocycles. The number of hydrogen-bond donors (Lipinski definition) is 2. The van der Waals surface area contributed by atoms with Gasteiger partial charge in [-0.25, -0.2) is 13.2 Å². The number of rotatable bonds is 7. The van der Waals surface area contributed by atoms with Gasteiger partial charge in [0.05, 0.1) is 5.75 Å². The molecule has 19 heavy (non-hydrogen) atoms. The van der Waals surface area contributed by atoms with E-state index >= 15 is 0 Å². The molecule has 1 aromatic rings. The van der Waals surface area contributed by atoms with Crippen LogP contribution in [-0.4, -0.2) is 37.7 Å². The molecule has 0 saturated carbocycles. The van der Waals surface area contributed by atoms with E-state index in [-0.39, 0.29) is 10.6 Å². The molecule has 2 N–H and O–H groups in total. The van der Waals surface area contributed by atoms with Crippen LogP contribution < -0.4 is 5.32 Å². The highest BCUT2D eigenvalue weighted by atomic mass is 32.2. The second-order valence-corrected chi connectivity index (χ2v) is 7.19. The van der Waals surface area contributed by atoms with Crippen molar-refractivity contribution in [2.24, 2.45) is 0 Å². The maximum absolute atomic E-state index is 11.8. The molecule has 0 bridgehead atoms. The van der Waals surface area contributed by atoms with Crippen molar-refractivity contribution in [3.63, 3.8) is 0 Å². The van der Waals surface area contributed by atoms with E-state index in [1.807, 2.05) is 6.92 Å². The Balaban J connectivity index is 2.63. The van der Waals surface area contributed by atoms with E-state index in [0.29, 0.717) is 11.4 Å².